The second kappa shape index (κ2) is 9.20. The van der Waals surface area contributed by atoms with Crippen molar-refractivity contribution < 1.29 is 24.2 Å². The van der Waals surface area contributed by atoms with E-state index < -0.39 is 18.5 Å². The first-order valence-electron chi connectivity index (χ1n) is 7.65. The summed E-state index contributed by atoms with van der Waals surface area (Å²) in [6, 6.07) is 6.75. The van der Waals surface area contributed by atoms with E-state index in [1.54, 1.807) is 18.2 Å². The molecule has 2 N–H and O–H groups in total. The smallest absolute Gasteiger partial charge is 0.341 e. The Morgan fingerprint density at radius 2 is 2.32 bits per heavy atom. The number of carboxylic acids is 1. The third-order valence-electron chi connectivity index (χ3n) is 3.50. The maximum Gasteiger partial charge on any atom is 0.341 e. The van der Waals surface area contributed by atoms with Crippen molar-refractivity contribution in [3.8, 4) is 11.8 Å². The minimum atomic E-state index is -1.12. The van der Waals surface area contributed by atoms with Gasteiger partial charge in [-0.3, -0.25) is 4.79 Å². The number of ether oxygens (including phenoxy) is 2. The van der Waals surface area contributed by atoms with Gasteiger partial charge >= 0.3 is 5.97 Å². The van der Waals surface area contributed by atoms with Crippen LogP contribution in [0.25, 0.3) is 6.08 Å². The summed E-state index contributed by atoms with van der Waals surface area (Å²) in [5.74, 6) is -1.36. The average molecular weight is 409 g/mol. The lowest BCUT2D eigenvalue weighted by Crippen LogP contribution is -2.32. The summed E-state index contributed by atoms with van der Waals surface area (Å²) in [5, 5.41) is 20.7. The van der Waals surface area contributed by atoms with Crippen molar-refractivity contribution in [3.63, 3.8) is 0 Å². The third kappa shape index (κ3) is 5.89. The molecule has 0 spiro atoms. The predicted molar refractivity (Wildman–Crippen MR) is 92.8 cm³/mol. The first-order valence-corrected chi connectivity index (χ1v) is 8.44. The molecule has 1 atom stereocenters. The van der Waals surface area contributed by atoms with Crippen molar-refractivity contribution in [2.24, 2.45) is 0 Å². The van der Waals surface area contributed by atoms with Gasteiger partial charge in [-0.15, -0.1) is 0 Å². The number of nitrogens with one attached hydrogen (secondary N) is 1. The summed E-state index contributed by atoms with van der Waals surface area (Å²) < 4.78 is 11.3. The van der Waals surface area contributed by atoms with E-state index in [9.17, 15) is 14.9 Å². The lowest BCUT2D eigenvalue weighted by Gasteiger charge is -2.11. The summed E-state index contributed by atoms with van der Waals surface area (Å²) >= 11 is 3.30. The molecular weight excluding hydrogens is 392 g/mol. The number of nitrogens with zero attached hydrogens (tertiary/aromatic N) is 1. The molecule has 1 amide bonds. The van der Waals surface area contributed by atoms with Crippen molar-refractivity contribution in [1.82, 2.24) is 5.32 Å². The van der Waals surface area contributed by atoms with Crippen LogP contribution in [0.3, 0.4) is 0 Å². The van der Waals surface area contributed by atoms with Crippen molar-refractivity contribution in [2.45, 2.75) is 18.9 Å². The topological polar surface area (TPSA) is 109 Å². The summed E-state index contributed by atoms with van der Waals surface area (Å²) in [7, 11) is 0. The van der Waals surface area contributed by atoms with Crippen LogP contribution in [0.1, 0.15) is 18.4 Å². The molecule has 1 aromatic carbocycles. The van der Waals surface area contributed by atoms with Gasteiger partial charge < -0.3 is 19.9 Å². The van der Waals surface area contributed by atoms with E-state index in [4.69, 9.17) is 14.6 Å². The van der Waals surface area contributed by atoms with Crippen molar-refractivity contribution in [3.05, 3.63) is 33.8 Å². The van der Waals surface area contributed by atoms with Gasteiger partial charge in [0.25, 0.3) is 5.91 Å². The number of nitriles is 1. The Morgan fingerprint density at radius 3 is 2.96 bits per heavy atom. The van der Waals surface area contributed by atoms with Crippen LogP contribution >= 0.6 is 15.9 Å². The van der Waals surface area contributed by atoms with Gasteiger partial charge in [0.15, 0.2) is 6.61 Å². The van der Waals surface area contributed by atoms with Gasteiger partial charge in [0, 0.05) is 23.2 Å². The Balaban J connectivity index is 2.13. The highest BCUT2D eigenvalue weighted by molar-refractivity contribution is 9.10. The summed E-state index contributed by atoms with van der Waals surface area (Å²) in [6.45, 7) is 0.512. The molecule has 1 aromatic rings. The molecule has 25 heavy (non-hydrogen) atoms. The molecule has 1 fully saturated rings. The van der Waals surface area contributed by atoms with Crippen molar-refractivity contribution >= 4 is 33.9 Å². The lowest BCUT2D eigenvalue weighted by atomic mass is 10.1. The second-order valence-electron chi connectivity index (χ2n) is 5.38. The maximum atomic E-state index is 12.2. The van der Waals surface area contributed by atoms with Gasteiger partial charge in [0.2, 0.25) is 0 Å². The number of halogens is 1. The molecule has 1 aliphatic heterocycles. The Labute approximate surface area is 153 Å². The number of hydrogen-bond acceptors (Lipinski definition) is 5. The second-order valence-corrected chi connectivity index (χ2v) is 6.30. The number of carbonyl (C=O) groups excluding carboxylic acids is 1. The Bertz CT molecular complexity index is 720. The summed E-state index contributed by atoms with van der Waals surface area (Å²) in [6.07, 6.45) is 3.19. The molecule has 7 nitrogen and oxygen atoms in total. The molecule has 2 rings (SSSR count). The number of carboxylic acid groups (broad SMARTS) is 1. The van der Waals surface area contributed by atoms with Gasteiger partial charge in [0.1, 0.15) is 17.4 Å². The van der Waals surface area contributed by atoms with Gasteiger partial charge in [-0.05, 0) is 37.1 Å². The van der Waals surface area contributed by atoms with E-state index in [2.05, 4.69) is 21.2 Å². The maximum absolute atomic E-state index is 12.2. The van der Waals surface area contributed by atoms with Crippen LogP contribution in [0, 0.1) is 11.3 Å². The van der Waals surface area contributed by atoms with Crippen LogP contribution in [0.5, 0.6) is 5.75 Å². The highest BCUT2D eigenvalue weighted by atomic mass is 79.9. The molecule has 0 aliphatic carbocycles. The number of aliphatic carboxylic acids is 1. The van der Waals surface area contributed by atoms with Crippen molar-refractivity contribution in [1.29, 1.82) is 5.26 Å². The van der Waals surface area contributed by atoms with E-state index in [1.165, 1.54) is 6.08 Å². The van der Waals surface area contributed by atoms with E-state index in [-0.39, 0.29) is 17.4 Å². The zero-order chi connectivity index (χ0) is 18.2. The molecular formula is C17H17BrN2O5. The van der Waals surface area contributed by atoms with E-state index >= 15 is 0 Å². The van der Waals surface area contributed by atoms with E-state index in [0.717, 1.165) is 12.8 Å². The average Bonchev–Trinajstić information content (AvgIpc) is 3.10. The predicted octanol–water partition coefficient (Wildman–Crippen LogP) is 2.11. The Hall–Kier alpha value is -2.37. The minimum Gasteiger partial charge on any atom is -0.481 e. The Morgan fingerprint density at radius 1 is 1.52 bits per heavy atom. The van der Waals surface area contributed by atoms with Gasteiger partial charge in [-0.1, -0.05) is 15.9 Å². The fraction of sp³-hybridized carbons (Fsp3) is 0.353. The lowest BCUT2D eigenvalue weighted by molar-refractivity contribution is -0.139. The molecule has 0 radical (unpaired) electrons. The summed E-state index contributed by atoms with van der Waals surface area (Å²) in [5.41, 5.74) is 0.329. The number of amides is 1. The van der Waals surface area contributed by atoms with Crippen LogP contribution in [0.2, 0.25) is 0 Å². The van der Waals surface area contributed by atoms with Gasteiger partial charge in [-0.25, -0.2) is 4.79 Å². The van der Waals surface area contributed by atoms with Crippen LogP contribution in [0.4, 0.5) is 0 Å². The van der Waals surface area contributed by atoms with Crippen LogP contribution in [-0.4, -0.2) is 42.8 Å². The fourth-order valence-corrected chi connectivity index (χ4v) is 2.69. The van der Waals surface area contributed by atoms with E-state index in [1.807, 2.05) is 6.07 Å². The molecule has 1 heterocycles. The molecule has 1 aliphatic rings. The standard InChI is InChI=1S/C17H17BrN2O5/c18-13-3-4-15(25-10-16(21)22)11(7-13)6-12(8-19)17(23)20-9-14-2-1-5-24-14/h3-4,6-7,14H,1-2,5,9-10H2,(H,20,23)(H,21,22)/b12-6+. The zero-order valence-electron chi connectivity index (χ0n) is 13.3. The molecule has 1 saturated heterocycles. The third-order valence-corrected chi connectivity index (χ3v) is 4.00. The summed E-state index contributed by atoms with van der Waals surface area (Å²) in [4.78, 5) is 22.9. The van der Waals surface area contributed by atoms with Gasteiger partial charge in [-0.2, -0.15) is 5.26 Å². The largest absolute Gasteiger partial charge is 0.481 e. The fourth-order valence-electron chi connectivity index (χ4n) is 2.31. The number of rotatable bonds is 7. The quantitative estimate of drug-likeness (QED) is 0.528. The number of hydrogen-bond donors (Lipinski definition) is 2. The highest BCUT2D eigenvalue weighted by Gasteiger charge is 2.18. The van der Waals surface area contributed by atoms with Crippen LogP contribution in [0.15, 0.2) is 28.2 Å². The van der Waals surface area contributed by atoms with E-state index in [0.29, 0.717) is 23.2 Å². The molecule has 132 valence electrons. The monoisotopic (exact) mass is 408 g/mol. The van der Waals surface area contributed by atoms with Gasteiger partial charge in [0.05, 0.1) is 6.10 Å². The molecule has 0 aromatic heterocycles. The highest BCUT2D eigenvalue weighted by Crippen LogP contribution is 2.25. The normalized spacial score (nSPS) is 17.0. The van der Waals surface area contributed by atoms with Crippen molar-refractivity contribution in [2.75, 3.05) is 19.8 Å². The van der Waals surface area contributed by atoms with Crippen LogP contribution < -0.4 is 10.1 Å². The minimum absolute atomic E-state index is 0.0239. The zero-order valence-corrected chi connectivity index (χ0v) is 14.9. The first kappa shape index (κ1) is 19.0. The number of benzene rings is 1. The molecule has 0 saturated carbocycles. The molecule has 8 heteroatoms. The van der Waals surface area contributed by atoms with Crippen LogP contribution in [-0.2, 0) is 14.3 Å². The molecule has 1 unspecified atom stereocenters. The first-order chi connectivity index (χ1) is 12.0. The molecule has 0 bridgehead atoms. The Kier molecular flexibility index (Phi) is 6.98. The number of carbonyl (C=O) groups is 2. The SMILES string of the molecule is N#C/C(=C\c1cc(Br)ccc1OCC(=O)O)C(=O)NCC1CCCO1.